The lowest BCUT2D eigenvalue weighted by Crippen LogP contribution is -2.07. The van der Waals surface area contributed by atoms with E-state index >= 15 is 0 Å². The SMILES string of the molecule is O=C1OC(c2cc(F)c(F)cc2Cl)=NC1=Cc1cccc2ccccc12. The van der Waals surface area contributed by atoms with Gasteiger partial charge in [0, 0.05) is 0 Å². The van der Waals surface area contributed by atoms with Crippen molar-refractivity contribution < 1.29 is 18.3 Å². The van der Waals surface area contributed by atoms with Gasteiger partial charge in [0.25, 0.3) is 0 Å². The van der Waals surface area contributed by atoms with Gasteiger partial charge in [-0.2, -0.15) is 0 Å². The number of ether oxygens (including phenoxy) is 1. The van der Waals surface area contributed by atoms with E-state index in [1.165, 1.54) is 0 Å². The third-order valence-corrected chi connectivity index (χ3v) is 4.29. The zero-order valence-electron chi connectivity index (χ0n) is 13.2. The summed E-state index contributed by atoms with van der Waals surface area (Å²) in [7, 11) is 0. The van der Waals surface area contributed by atoms with Crippen molar-refractivity contribution in [2.24, 2.45) is 4.99 Å². The van der Waals surface area contributed by atoms with Crippen LogP contribution in [0.4, 0.5) is 8.78 Å². The van der Waals surface area contributed by atoms with Crippen LogP contribution in [0.3, 0.4) is 0 Å². The molecule has 0 unspecified atom stereocenters. The summed E-state index contributed by atoms with van der Waals surface area (Å²) < 4.78 is 31.8. The van der Waals surface area contributed by atoms with Crippen LogP contribution in [-0.2, 0) is 9.53 Å². The van der Waals surface area contributed by atoms with Crippen LogP contribution >= 0.6 is 11.6 Å². The summed E-state index contributed by atoms with van der Waals surface area (Å²) in [4.78, 5) is 16.3. The maximum Gasteiger partial charge on any atom is 0.363 e. The molecule has 128 valence electrons. The molecule has 0 saturated heterocycles. The van der Waals surface area contributed by atoms with Crippen LogP contribution < -0.4 is 0 Å². The zero-order valence-corrected chi connectivity index (χ0v) is 13.9. The third-order valence-electron chi connectivity index (χ3n) is 3.98. The molecule has 26 heavy (non-hydrogen) atoms. The van der Waals surface area contributed by atoms with Gasteiger partial charge in [-0.3, -0.25) is 0 Å². The maximum absolute atomic E-state index is 13.5. The maximum atomic E-state index is 13.5. The lowest BCUT2D eigenvalue weighted by Gasteiger charge is -2.03. The average molecular weight is 370 g/mol. The van der Waals surface area contributed by atoms with Crippen LogP contribution in [0.1, 0.15) is 11.1 Å². The molecule has 0 saturated carbocycles. The highest BCUT2D eigenvalue weighted by Crippen LogP contribution is 2.27. The molecule has 6 heteroatoms. The molecule has 3 aromatic rings. The summed E-state index contributed by atoms with van der Waals surface area (Å²) in [6, 6.07) is 15.0. The predicted molar refractivity (Wildman–Crippen MR) is 95.9 cm³/mol. The first-order valence-corrected chi connectivity index (χ1v) is 8.06. The lowest BCUT2D eigenvalue weighted by atomic mass is 10.0. The number of hydrogen-bond acceptors (Lipinski definition) is 3. The van der Waals surface area contributed by atoms with Gasteiger partial charge in [0.1, 0.15) is 0 Å². The van der Waals surface area contributed by atoms with E-state index < -0.39 is 17.6 Å². The zero-order chi connectivity index (χ0) is 18.3. The molecular weight excluding hydrogens is 360 g/mol. The Morgan fingerprint density at radius 1 is 1.00 bits per heavy atom. The summed E-state index contributed by atoms with van der Waals surface area (Å²) in [5.74, 6) is -3.04. The van der Waals surface area contributed by atoms with E-state index in [1.807, 2.05) is 42.5 Å². The fourth-order valence-corrected chi connectivity index (χ4v) is 2.97. The quantitative estimate of drug-likeness (QED) is 0.357. The topological polar surface area (TPSA) is 38.7 Å². The molecule has 0 radical (unpaired) electrons. The molecule has 0 aliphatic carbocycles. The lowest BCUT2D eigenvalue weighted by molar-refractivity contribution is -0.129. The van der Waals surface area contributed by atoms with E-state index in [2.05, 4.69) is 4.99 Å². The first kappa shape index (κ1) is 16.4. The number of carbonyl (C=O) groups is 1. The summed E-state index contributed by atoms with van der Waals surface area (Å²) in [6.07, 6.45) is 1.59. The molecule has 0 spiro atoms. The van der Waals surface area contributed by atoms with E-state index in [1.54, 1.807) is 6.08 Å². The number of esters is 1. The number of cyclic esters (lactones) is 1. The molecule has 0 amide bonds. The van der Waals surface area contributed by atoms with E-state index in [0.717, 1.165) is 28.5 Å². The van der Waals surface area contributed by atoms with Gasteiger partial charge in [-0.15, -0.1) is 0 Å². The molecule has 0 atom stereocenters. The van der Waals surface area contributed by atoms with Gasteiger partial charge < -0.3 is 4.74 Å². The highest BCUT2D eigenvalue weighted by molar-refractivity contribution is 6.34. The summed E-state index contributed by atoms with van der Waals surface area (Å²) >= 11 is 5.92. The number of hydrogen-bond donors (Lipinski definition) is 0. The van der Waals surface area contributed by atoms with Crippen LogP contribution in [-0.4, -0.2) is 11.9 Å². The molecule has 4 rings (SSSR count). The average Bonchev–Trinajstić information content (AvgIpc) is 2.99. The Bertz CT molecular complexity index is 1120. The third kappa shape index (κ3) is 2.86. The minimum atomic E-state index is -1.10. The highest BCUT2D eigenvalue weighted by Gasteiger charge is 2.27. The Morgan fingerprint density at radius 2 is 1.73 bits per heavy atom. The monoisotopic (exact) mass is 369 g/mol. The van der Waals surface area contributed by atoms with Gasteiger partial charge in [0.15, 0.2) is 17.3 Å². The van der Waals surface area contributed by atoms with Crippen molar-refractivity contribution in [3.63, 3.8) is 0 Å². The Morgan fingerprint density at radius 3 is 2.58 bits per heavy atom. The van der Waals surface area contributed by atoms with Crippen molar-refractivity contribution in [3.05, 3.63) is 88.1 Å². The molecule has 3 aromatic carbocycles. The highest BCUT2D eigenvalue weighted by atomic mass is 35.5. The van der Waals surface area contributed by atoms with E-state index in [-0.39, 0.29) is 22.2 Å². The van der Waals surface area contributed by atoms with Crippen LogP contribution in [0.15, 0.2) is 65.3 Å². The van der Waals surface area contributed by atoms with E-state index in [4.69, 9.17) is 16.3 Å². The van der Waals surface area contributed by atoms with Gasteiger partial charge in [-0.1, -0.05) is 54.1 Å². The second kappa shape index (κ2) is 6.35. The van der Waals surface area contributed by atoms with Crippen molar-refractivity contribution in [3.8, 4) is 0 Å². The van der Waals surface area contributed by atoms with Crippen molar-refractivity contribution >= 4 is 40.3 Å². The van der Waals surface area contributed by atoms with Gasteiger partial charge in [-0.05, 0) is 34.5 Å². The van der Waals surface area contributed by atoms with Crippen molar-refractivity contribution in [1.29, 1.82) is 0 Å². The van der Waals surface area contributed by atoms with Crippen molar-refractivity contribution in [2.45, 2.75) is 0 Å². The fraction of sp³-hybridized carbons (Fsp3) is 0. The summed E-state index contributed by atoms with van der Waals surface area (Å²) in [5, 5.41) is 1.87. The first-order chi connectivity index (χ1) is 12.5. The first-order valence-electron chi connectivity index (χ1n) is 7.68. The molecule has 0 aromatic heterocycles. The number of rotatable bonds is 2. The molecule has 1 aliphatic heterocycles. The Hall–Kier alpha value is -3.05. The second-order valence-electron chi connectivity index (χ2n) is 5.65. The van der Waals surface area contributed by atoms with Crippen LogP contribution in [0.25, 0.3) is 16.8 Å². The Labute approximate surface area is 152 Å². The number of fused-ring (bicyclic) bond motifs is 1. The molecule has 1 heterocycles. The number of carbonyl (C=O) groups excluding carboxylic acids is 1. The predicted octanol–water partition coefficient (Wildman–Crippen LogP) is 5.12. The molecule has 0 N–H and O–H groups in total. The molecule has 3 nitrogen and oxygen atoms in total. The minimum absolute atomic E-state index is 0.0141. The normalized spacial score (nSPS) is 15.4. The van der Waals surface area contributed by atoms with Gasteiger partial charge in [0.05, 0.1) is 10.6 Å². The standard InChI is InChI=1S/C20H10ClF2NO2/c21-15-10-17(23)16(22)9-14(15)19-24-18(20(25)26-19)8-12-6-3-5-11-4-1-2-7-13(11)12/h1-10H. The number of halogens is 3. The van der Waals surface area contributed by atoms with Crippen molar-refractivity contribution in [2.75, 3.05) is 0 Å². The number of aliphatic imine (C=N–C) groups is 1. The molecular formula is C20H10ClF2NO2. The van der Waals surface area contributed by atoms with Crippen LogP contribution in [0.5, 0.6) is 0 Å². The molecule has 0 fully saturated rings. The van der Waals surface area contributed by atoms with Gasteiger partial charge in [0.2, 0.25) is 5.90 Å². The van der Waals surface area contributed by atoms with Crippen LogP contribution in [0, 0.1) is 11.6 Å². The van der Waals surface area contributed by atoms with E-state index in [0.29, 0.717) is 0 Å². The number of nitrogens with zero attached hydrogens (tertiary/aromatic N) is 1. The Balaban J connectivity index is 1.79. The minimum Gasteiger partial charge on any atom is -0.402 e. The summed E-state index contributed by atoms with van der Waals surface area (Å²) in [5.41, 5.74) is 0.855. The molecule has 1 aliphatic rings. The number of benzene rings is 3. The van der Waals surface area contributed by atoms with Crippen molar-refractivity contribution in [1.82, 2.24) is 0 Å². The smallest absolute Gasteiger partial charge is 0.363 e. The fourth-order valence-electron chi connectivity index (χ4n) is 2.73. The largest absolute Gasteiger partial charge is 0.402 e. The second-order valence-corrected chi connectivity index (χ2v) is 6.06. The van der Waals surface area contributed by atoms with Crippen LogP contribution in [0.2, 0.25) is 5.02 Å². The van der Waals surface area contributed by atoms with Gasteiger partial charge >= 0.3 is 5.97 Å². The molecule has 0 bridgehead atoms. The van der Waals surface area contributed by atoms with Gasteiger partial charge in [-0.25, -0.2) is 18.6 Å². The van der Waals surface area contributed by atoms with E-state index in [9.17, 15) is 13.6 Å². The Kier molecular flexibility index (Phi) is 4.01. The summed E-state index contributed by atoms with van der Waals surface area (Å²) in [6.45, 7) is 0.